The van der Waals surface area contributed by atoms with Gasteiger partial charge in [-0.15, -0.1) is 0 Å². The Kier molecular flexibility index (Phi) is 4.91. The van der Waals surface area contributed by atoms with E-state index in [4.69, 9.17) is 0 Å². The van der Waals surface area contributed by atoms with E-state index in [1.54, 1.807) is 13.0 Å². The van der Waals surface area contributed by atoms with Crippen LogP contribution in [0.25, 0.3) is 0 Å². The summed E-state index contributed by atoms with van der Waals surface area (Å²) in [5.74, 6) is 0.718. The first kappa shape index (κ1) is 16.3. The SMILES string of the molecule is CCNS(=O)(=O)CCNC1CC(C)c2c(C)ccc(O)c21. The molecule has 0 spiro atoms. The van der Waals surface area contributed by atoms with Gasteiger partial charge in [-0.2, -0.15) is 0 Å². The molecule has 2 atom stereocenters. The smallest absolute Gasteiger partial charge is 0.212 e. The normalized spacial score (nSPS) is 21.5. The summed E-state index contributed by atoms with van der Waals surface area (Å²) < 4.78 is 25.7. The highest BCUT2D eigenvalue weighted by Crippen LogP contribution is 2.45. The zero-order valence-corrected chi connectivity index (χ0v) is 13.6. The maximum absolute atomic E-state index is 11.6. The lowest BCUT2D eigenvalue weighted by atomic mass is 9.97. The van der Waals surface area contributed by atoms with Crippen molar-refractivity contribution in [3.63, 3.8) is 0 Å². The van der Waals surface area contributed by atoms with Gasteiger partial charge in [-0.25, -0.2) is 13.1 Å². The number of fused-ring (bicyclic) bond motifs is 1. The molecule has 118 valence electrons. The summed E-state index contributed by atoms with van der Waals surface area (Å²) in [5.41, 5.74) is 3.31. The van der Waals surface area contributed by atoms with E-state index < -0.39 is 10.0 Å². The Hall–Kier alpha value is -1.11. The van der Waals surface area contributed by atoms with E-state index in [2.05, 4.69) is 17.0 Å². The van der Waals surface area contributed by atoms with Crippen LogP contribution in [0.1, 0.15) is 48.9 Å². The van der Waals surface area contributed by atoms with Gasteiger partial charge in [-0.05, 0) is 36.5 Å². The fourth-order valence-electron chi connectivity index (χ4n) is 3.19. The molecule has 0 bridgehead atoms. The number of rotatable bonds is 6. The number of hydrogen-bond donors (Lipinski definition) is 3. The Bertz CT molecular complexity index is 614. The van der Waals surface area contributed by atoms with E-state index in [9.17, 15) is 13.5 Å². The van der Waals surface area contributed by atoms with Gasteiger partial charge in [0.1, 0.15) is 5.75 Å². The summed E-state index contributed by atoms with van der Waals surface area (Å²) in [7, 11) is -3.21. The average Bonchev–Trinajstić information content (AvgIpc) is 2.72. The van der Waals surface area contributed by atoms with Crippen molar-refractivity contribution < 1.29 is 13.5 Å². The van der Waals surface area contributed by atoms with Gasteiger partial charge in [0, 0.05) is 24.7 Å². The van der Waals surface area contributed by atoms with E-state index in [0.717, 1.165) is 12.0 Å². The van der Waals surface area contributed by atoms with E-state index in [1.165, 1.54) is 11.1 Å². The van der Waals surface area contributed by atoms with Crippen LogP contribution in [0.15, 0.2) is 12.1 Å². The number of sulfonamides is 1. The Morgan fingerprint density at radius 3 is 2.71 bits per heavy atom. The zero-order chi connectivity index (χ0) is 15.6. The van der Waals surface area contributed by atoms with Gasteiger partial charge in [-0.1, -0.05) is 19.9 Å². The van der Waals surface area contributed by atoms with Crippen LogP contribution in [0.3, 0.4) is 0 Å². The van der Waals surface area contributed by atoms with Gasteiger partial charge >= 0.3 is 0 Å². The molecule has 0 amide bonds. The molecule has 1 aromatic rings. The van der Waals surface area contributed by atoms with E-state index >= 15 is 0 Å². The van der Waals surface area contributed by atoms with Crippen molar-refractivity contribution in [2.24, 2.45) is 0 Å². The van der Waals surface area contributed by atoms with Crippen molar-refractivity contribution in [3.8, 4) is 5.75 Å². The third-order valence-electron chi connectivity index (χ3n) is 4.04. The summed E-state index contributed by atoms with van der Waals surface area (Å²) in [5, 5.41) is 13.4. The number of aryl methyl sites for hydroxylation is 1. The summed E-state index contributed by atoms with van der Waals surface area (Å²) in [6.45, 7) is 6.74. The molecule has 1 aliphatic carbocycles. The monoisotopic (exact) mass is 312 g/mol. The molecule has 1 aliphatic rings. The summed E-state index contributed by atoms with van der Waals surface area (Å²) >= 11 is 0. The van der Waals surface area contributed by atoms with E-state index in [1.807, 2.05) is 13.0 Å². The van der Waals surface area contributed by atoms with Crippen LogP contribution in [0.2, 0.25) is 0 Å². The van der Waals surface area contributed by atoms with Gasteiger partial charge in [0.25, 0.3) is 0 Å². The predicted octanol–water partition coefficient (Wildman–Crippen LogP) is 1.78. The molecule has 0 radical (unpaired) electrons. The first-order valence-electron chi connectivity index (χ1n) is 7.38. The number of nitrogens with one attached hydrogen (secondary N) is 2. The molecule has 21 heavy (non-hydrogen) atoms. The fourth-order valence-corrected chi connectivity index (χ4v) is 4.16. The predicted molar refractivity (Wildman–Crippen MR) is 84.1 cm³/mol. The second kappa shape index (κ2) is 6.34. The number of phenols is 1. The Morgan fingerprint density at radius 1 is 1.33 bits per heavy atom. The van der Waals surface area contributed by atoms with Crippen molar-refractivity contribution in [2.45, 2.75) is 39.2 Å². The van der Waals surface area contributed by atoms with Crippen molar-refractivity contribution in [2.75, 3.05) is 18.8 Å². The lowest BCUT2D eigenvalue weighted by Crippen LogP contribution is -2.33. The fraction of sp³-hybridized carbons (Fsp3) is 0.600. The largest absolute Gasteiger partial charge is 0.508 e. The van der Waals surface area contributed by atoms with E-state index in [0.29, 0.717) is 24.8 Å². The van der Waals surface area contributed by atoms with Crippen LogP contribution >= 0.6 is 0 Å². The first-order valence-corrected chi connectivity index (χ1v) is 9.04. The molecule has 0 aromatic heterocycles. The number of phenolic OH excluding ortho intramolecular Hbond substituents is 1. The molecule has 0 aliphatic heterocycles. The third-order valence-corrected chi connectivity index (χ3v) is 5.51. The molecule has 0 saturated carbocycles. The van der Waals surface area contributed by atoms with Crippen molar-refractivity contribution in [1.29, 1.82) is 0 Å². The van der Waals surface area contributed by atoms with Crippen LogP contribution in [0.5, 0.6) is 5.75 Å². The van der Waals surface area contributed by atoms with Gasteiger partial charge in [0.2, 0.25) is 10.0 Å². The highest BCUT2D eigenvalue weighted by molar-refractivity contribution is 7.89. The molecule has 6 heteroatoms. The molecule has 2 rings (SSSR count). The molecule has 2 unspecified atom stereocenters. The lowest BCUT2D eigenvalue weighted by Gasteiger charge is -2.16. The van der Waals surface area contributed by atoms with E-state index in [-0.39, 0.29) is 11.8 Å². The van der Waals surface area contributed by atoms with Crippen LogP contribution in [0.4, 0.5) is 0 Å². The van der Waals surface area contributed by atoms with Gasteiger partial charge in [0.05, 0.1) is 5.75 Å². The minimum atomic E-state index is -3.21. The Labute approximate surface area is 126 Å². The summed E-state index contributed by atoms with van der Waals surface area (Å²) in [6, 6.07) is 3.67. The molecule has 1 aromatic carbocycles. The van der Waals surface area contributed by atoms with Crippen LogP contribution in [-0.2, 0) is 10.0 Å². The molecular weight excluding hydrogens is 288 g/mol. The van der Waals surface area contributed by atoms with Crippen molar-refractivity contribution in [3.05, 3.63) is 28.8 Å². The number of benzene rings is 1. The van der Waals surface area contributed by atoms with Crippen molar-refractivity contribution >= 4 is 10.0 Å². The number of aromatic hydroxyl groups is 1. The molecule has 3 N–H and O–H groups in total. The second-order valence-electron chi connectivity index (χ2n) is 5.69. The summed E-state index contributed by atoms with van der Waals surface area (Å²) in [4.78, 5) is 0. The average molecular weight is 312 g/mol. The Morgan fingerprint density at radius 2 is 2.05 bits per heavy atom. The quantitative estimate of drug-likeness (QED) is 0.748. The van der Waals surface area contributed by atoms with Gasteiger partial charge < -0.3 is 10.4 Å². The minimum Gasteiger partial charge on any atom is -0.508 e. The molecule has 0 heterocycles. The van der Waals surface area contributed by atoms with Crippen molar-refractivity contribution in [1.82, 2.24) is 10.0 Å². The maximum Gasteiger partial charge on any atom is 0.212 e. The molecule has 0 fully saturated rings. The van der Waals surface area contributed by atoms with Crippen LogP contribution in [-0.4, -0.2) is 32.4 Å². The minimum absolute atomic E-state index is 0.0201. The number of hydrogen-bond acceptors (Lipinski definition) is 4. The molecular formula is C15H24N2O3S. The highest BCUT2D eigenvalue weighted by atomic mass is 32.2. The topological polar surface area (TPSA) is 78.4 Å². The van der Waals surface area contributed by atoms with Crippen LogP contribution in [0, 0.1) is 6.92 Å². The summed E-state index contributed by atoms with van der Waals surface area (Å²) in [6.07, 6.45) is 0.884. The van der Waals surface area contributed by atoms with Gasteiger partial charge in [-0.3, -0.25) is 0 Å². The first-order chi connectivity index (χ1) is 9.85. The molecule has 5 nitrogen and oxygen atoms in total. The standard InChI is InChI=1S/C15H24N2O3S/c1-4-17-21(19,20)8-7-16-12-9-11(3)14-10(2)5-6-13(18)15(12)14/h5-6,11-12,16-18H,4,7-9H2,1-3H3. The van der Waals surface area contributed by atoms with Crippen LogP contribution < -0.4 is 10.0 Å². The third kappa shape index (κ3) is 3.56. The van der Waals surface area contributed by atoms with Gasteiger partial charge in [0.15, 0.2) is 0 Å². The second-order valence-corrected chi connectivity index (χ2v) is 7.62. The Balaban J connectivity index is 2.07. The zero-order valence-electron chi connectivity index (χ0n) is 12.8. The molecule has 0 saturated heterocycles. The highest BCUT2D eigenvalue weighted by Gasteiger charge is 2.31. The lowest BCUT2D eigenvalue weighted by molar-refractivity contribution is 0.449. The maximum atomic E-state index is 11.6.